The van der Waals surface area contributed by atoms with Crippen LogP contribution < -0.4 is 10.2 Å². The van der Waals surface area contributed by atoms with Crippen molar-refractivity contribution in [1.82, 2.24) is 10.3 Å². The maximum atomic E-state index is 11.6. The number of carboxylic acids is 1. The van der Waals surface area contributed by atoms with Crippen LogP contribution in [0.4, 0.5) is 9.93 Å². The normalized spacial score (nSPS) is 14.7. The zero-order valence-corrected chi connectivity index (χ0v) is 14.5. The molecule has 0 saturated carbocycles. The highest BCUT2D eigenvalue weighted by atomic mass is 32.1. The summed E-state index contributed by atoms with van der Waals surface area (Å²) in [4.78, 5) is 29.6. The number of carboxylic acid groups (broad SMARTS) is 1. The number of anilines is 1. The maximum absolute atomic E-state index is 11.6. The molecule has 2 N–H and O–H groups in total. The van der Waals surface area contributed by atoms with E-state index in [9.17, 15) is 14.7 Å². The first-order valence-electron chi connectivity index (χ1n) is 7.84. The fourth-order valence-electron chi connectivity index (χ4n) is 2.24. The number of amides is 1. The Morgan fingerprint density at radius 1 is 1.48 bits per heavy atom. The Labute approximate surface area is 139 Å². The minimum atomic E-state index is -0.938. The smallest absolute Gasteiger partial charge is 0.407 e. The van der Waals surface area contributed by atoms with Crippen LogP contribution in [0.5, 0.6) is 0 Å². The minimum absolute atomic E-state index is 0.0174. The zero-order valence-electron chi connectivity index (χ0n) is 13.7. The lowest BCUT2D eigenvalue weighted by molar-refractivity contribution is 0.0700. The number of nitrogens with zero attached hydrogens (tertiary/aromatic N) is 2. The van der Waals surface area contributed by atoms with Gasteiger partial charge in [-0.05, 0) is 12.3 Å². The van der Waals surface area contributed by atoms with Crippen LogP contribution in [0.15, 0.2) is 0 Å². The van der Waals surface area contributed by atoms with Crippen LogP contribution in [0.2, 0.25) is 0 Å². The van der Waals surface area contributed by atoms with Gasteiger partial charge in [0.1, 0.15) is 4.88 Å². The monoisotopic (exact) mass is 341 g/mol. The number of nitrogens with one attached hydrogen (secondary N) is 1. The van der Waals surface area contributed by atoms with E-state index in [1.54, 1.807) is 0 Å². The average Bonchev–Trinajstić information content (AvgIpc) is 2.87. The van der Waals surface area contributed by atoms with E-state index >= 15 is 0 Å². The largest absolute Gasteiger partial charge is 0.477 e. The molecule has 8 heteroatoms. The van der Waals surface area contributed by atoms with Gasteiger partial charge in [-0.3, -0.25) is 0 Å². The number of alkyl carbamates (subject to hydrolysis) is 1. The first-order chi connectivity index (χ1) is 10.9. The van der Waals surface area contributed by atoms with E-state index in [0.29, 0.717) is 35.4 Å². The van der Waals surface area contributed by atoms with Crippen LogP contribution in [0, 0.1) is 0 Å². The number of unbranched alkanes of at least 4 members (excludes halogenated alkanes) is 1. The third-order valence-electron chi connectivity index (χ3n) is 3.59. The second kappa shape index (κ2) is 7.63. The Bertz CT molecular complexity index is 567. The molecule has 1 saturated heterocycles. The Kier molecular flexibility index (Phi) is 5.81. The van der Waals surface area contributed by atoms with Gasteiger partial charge in [0.25, 0.3) is 0 Å². The molecule has 0 unspecified atom stereocenters. The van der Waals surface area contributed by atoms with Gasteiger partial charge in [-0.25, -0.2) is 14.6 Å². The lowest BCUT2D eigenvalue weighted by Gasteiger charge is -2.39. The third kappa shape index (κ3) is 4.34. The summed E-state index contributed by atoms with van der Waals surface area (Å²) < 4.78 is 5.06. The minimum Gasteiger partial charge on any atom is -0.477 e. The van der Waals surface area contributed by atoms with Crippen molar-refractivity contribution >= 4 is 28.5 Å². The summed E-state index contributed by atoms with van der Waals surface area (Å²) >= 11 is 1.19. The van der Waals surface area contributed by atoms with Crippen LogP contribution in [0.25, 0.3) is 0 Å². The highest BCUT2D eigenvalue weighted by molar-refractivity contribution is 7.17. The molecule has 1 aromatic rings. The third-order valence-corrected chi connectivity index (χ3v) is 4.71. The summed E-state index contributed by atoms with van der Waals surface area (Å²) in [7, 11) is 0. The molecule has 0 atom stereocenters. The number of rotatable bonds is 7. The van der Waals surface area contributed by atoms with Gasteiger partial charge in [-0.15, -0.1) is 0 Å². The lowest BCUT2D eigenvalue weighted by Crippen LogP contribution is -2.59. The molecular weight excluding hydrogens is 318 g/mol. The predicted octanol–water partition coefficient (Wildman–Crippen LogP) is 2.68. The van der Waals surface area contributed by atoms with Crippen molar-refractivity contribution in [3.8, 4) is 0 Å². The van der Waals surface area contributed by atoms with Gasteiger partial charge in [0.05, 0.1) is 18.3 Å². The number of ether oxygens (including phenoxy) is 1. The van der Waals surface area contributed by atoms with Gasteiger partial charge in [-0.2, -0.15) is 0 Å². The lowest BCUT2D eigenvalue weighted by atomic mass is 10.1. The second-order valence-electron chi connectivity index (χ2n) is 5.91. The van der Waals surface area contributed by atoms with E-state index in [-0.39, 0.29) is 12.0 Å². The average molecular weight is 341 g/mol. The Morgan fingerprint density at radius 3 is 2.70 bits per heavy atom. The quantitative estimate of drug-likeness (QED) is 0.741. The second-order valence-corrected chi connectivity index (χ2v) is 6.88. The molecule has 0 bridgehead atoms. The molecule has 0 radical (unpaired) electrons. The first kappa shape index (κ1) is 17.5. The van der Waals surface area contributed by atoms with Gasteiger partial charge >= 0.3 is 12.1 Å². The van der Waals surface area contributed by atoms with Crippen molar-refractivity contribution in [2.45, 2.75) is 45.6 Å². The molecule has 1 aliphatic rings. The standard InChI is InChI=1S/C15H23N3O4S/c1-4-5-6-22-15(21)16-10-7-18(8-10)14-17-11(9(2)3)12(23-14)13(19)20/h9-10H,4-8H2,1-3H3,(H,16,21)(H,19,20). The summed E-state index contributed by atoms with van der Waals surface area (Å²) in [5.41, 5.74) is 0.618. The van der Waals surface area contributed by atoms with Crippen LogP contribution >= 0.6 is 11.3 Å². The van der Waals surface area contributed by atoms with Gasteiger partial charge in [0, 0.05) is 13.1 Å². The highest BCUT2D eigenvalue weighted by Gasteiger charge is 2.32. The summed E-state index contributed by atoms with van der Waals surface area (Å²) in [5, 5.41) is 12.7. The van der Waals surface area contributed by atoms with Gasteiger partial charge in [0.15, 0.2) is 5.13 Å². The SMILES string of the molecule is CCCCOC(=O)NC1CN(c2nc(C(C)C)c(C(=O)O)s2)C1. The van der Waals surface area contributed by atoms with E-state index in [1.807, 2.05) is 25.7 Å². The molecule has 0 aromatic carbocycles. The Hall–Kier alpha value is -1.83. The Morgan fingerprint density at radius 2 is 2.17 bits per heavy atom. The molecule has 1 amide bonds. The summed E-state index contributed by atoms with van der Waals surface area (Å²) in [6.07, 6.45) is 1.45. The van der Waals surface area contributed by atoms with E-state index in [0.717, 1.165) is 12.8 Å². The van der Waals surface area contributed by atoms with Crippen LogP contribution in [0.3, 0.4) is 0 Å². The van der Waals surface area contributed by atoms with E-state index in [4.69, 9.17) is 4.74 Å². The zero-order chi connectivity index (χ0) is 17.0. The predicted molar refractivity (Wildman–Crippen MR) is 88.6 cm³/mol. The van der Waals surface area contributed by atoms with E-state index in [2.05, 4.69) is 10.3 Å². The highest BCUT2D eigenvalue weighted by Crippen LogP contribution is 2.32. The molecule has 2 heterocycles. The molecule has 1 aliphatic heterocycles. The number of aromatic nitrogens is 1. The van der Waals surface area contributed by atoms with Crippen molar-refractivity contribution in [3.63, 3.8) is 0 Å². The number of carbonyl (C=O) groups is 2. The summed E-state index contributed by atoms with van der Waals surface area (Å²) in [5.74, 6) is -0.873. The maximum Gasteiger partial charge on any atom is 0.407 e. The van der Waals surface area contributed by atoms with Crippen molar-refractivity contribution < 1.29 is 19.4 Å². The Balaban J connectivity index is 1.86. The summed E-state index contributed by atoms with van der Waals surface area (Å²) in [6, 6.07) is 0.0174. The molecule has 1 fully saturated rings. The number of hydrogen-bond donors (Lipinski definition) is 2. The topological polar surface area (TPSA) is 91.8 Å². The molecule has 23 heavy (non-hydrogen) atoms. The van der Waals surface area contributed by atoms with Crippen molar-refractivity contribution in [2.75, 3.05) is 24.6 Å². The molecule has 2 rings (SSSR count). The van der Waals surface area contributed by atoms with Crippen molar-refractivity contribution in [2.24, 2.45) is 0 Å². The molecule has 7 nitrogen and oxygen atoms in total. The fraction of sp³-hybridized carbons (Fsp3) is 0.667. The molecular formula is C15H23N3O4S. The number of carbonyl (C=O) groups excluding carboxylic acids is 1. The molecule has 128 valence electrons. The van der Waals surface area contributed by atoms with Crippen LogP contribution in [-0.4, -0.2) is 47.9 Å². The van der Waals surface area contributed by atoms with Crippen molar-refractivity contribution in [1.29, 1.82) is 0 Å². The fourth-order valence-corrected chi connectivity index (χ4v) is 3.32. The first-order valence-corrected chi connectivity index (χ1v) is 8.66. The number of thiazole rings is 1. The van der Waals surface area contributed by atoms with Gasteiger partial charge in [-0.1, -0.05) is 38.5 Å². The van der Waals surface area contributed by atoms with Crippen LogP contribution in [0.1, 0.15) is 54.9 Å². The van der Waals surface area contributed by atoms with Gasteiger partial charge < -0.3 is 20.1 Å². The van der Waals surface area contributed by atoms with E-state index in [1.165, 1.54) is 11.3 Å². The molecule has 1 aromatic heterocycles. The number of aromatic carboxylic acids is 1. The van der Waals surface area contributed by atoms with Crippen LogP contribution in [-0.2, 0) is 4.74 Å². The van der Waals surface area contributed by atoms with Gasteiger partial charge in [0.2, 0.25) is 0 Å². The summed E-state index contributed by atoms with van der Waals surface area (Å²) in [6.45, 7) is 7.57. The number of hydrogen-bond acceptors (Lipinski definition) is 6. The molecule has 0 spiro atoms. The molecule has 0 aliphatic carbocycles. The van der Waals surface area contributed by atoms with E-state index < -0.39 is 12.1 Å². The van der Waals surface area contributed by atoms with Crippen molar-refractivity contribution in [3.05, 3.63) is 10.6 Å².